The van der Waals surface area contributed by atoms with Crippen LogP contribution in [0.5, 0.6) is 0 Å². The Bertz CT molecular complexity index is 348. The second-order valence-electron chi connectivity index (χ2n) is 6.24. The van der Waals surface area contributed by atoms with Gasteiger partial charge in [0.2, 0.25) is 0 Å². The molecule has 0 aromatic carbocycles. The highest BCUT2D eigenvalue weighted by atomic mass is 35.5. The van der Waals surface area contributed by atoms with Crippen LogP contribution in [0.3, 0.4) is 0 Å². The van der Waals surface area contributed by atoms with Gasteiger partial charge >= 0.3 is 0 Å². The van der Waals surface area contributed by atoms with E-state index in [1.54, 1.807) is 20.8 Å². The fourth-order valence-electron chi connectivity index (χ4n) is 2.39. The summed E-state index contributed by atoms with van der Waals surface area (Å²) >= 11 is 5.92. The zero-order chi connectivity index (χ0) is 13.8. The number of alkyl halides is 1. The van der Waals surface area contributed by atoms with Gasteiger partial charge in [0.05, 0.1) is 10.5 Å². The average Bonchev–Trinajstić information content (AvgIpc) is 2.70. The molecule has 1 aliphatic rings. The summed E-state index contributed by atoms with van der Waals surface area (Å²) in [5.41, 5.74) is 0. The molecular formula is C13H26ClNO2S. The van der Waals surface area contributed by atoms with E-state index < -0.39 is 14.6 Å². The molecule has 0 aromatic rings. The normalized spacial score (nSPS) is 25.6. The van der Waals surface area contributed by atoms with Gasteiger partial charge in [-0.3, -0.25) is 0 Å². The lowest BCUT2D eigenvalue weighted by atomic mass is 9.98. The molecule has 0 radical (unpaired) electrons. The Hall–Kier alpha value is 0.200. The molecule has 0 heterocycles. The molecule has 1 N–H and O–H groups in total. The van der Waals surface area contributed by atoms with Crippen LogP contribution in [0.4, 0.5) is 0 Å². The van der Waals surface area contributed by atoms with Gasteiger partial charge in [0.1, 0.15) is 0 Å². The molecular weight excluding hydrogens is 270 g/mol. The SMILES string of the molecule is CC(C)(C)S(=O)(=O)CCNCC1CCCC1CCl. The molecule has 1 saturated carbocycles. The molecule has 0 aromatic heterocycles. The van der Waals surface area contributed by atoms with E-state index in [4.69, 9.17) is 11.6 Å². The number of hydrogen-bond acceptors (Lipinski definition) is 3. The molecule has 18 heavy (non-hydrogen) atoms. The van der Waals surface area contributed by atoms with Crippen LogP contribution in [0, 0.1) is 11.8 Å². The third-order valence-electron chi connectivity index (χ3n) is 3.90. The molecule has 1 fully saturated rings. The Morgan fingerprint density at radius 2 is 1.83 bits per heavy atom. The lowest BCUT2D eigenvalue weighted by Crippen LogP contribution is -2.36. The van der Waals surface area contributed by atoms with Crippen molar-refractivity contribution in [2.75, 3.05) is 24.7 Å². The highest BCUT2D eigenvalue weighted by Crippen LogP contribution is 2.31. The number of hydrogen-bond donors (Lipinski definition) is 1. The minimum absolute atomic E-state index is 0.217. The first kappa shape index (κ1) is 16.3. The van der Waals surface area contributed by atoms with Crippen LogP contribution >= 0.6 is 11.6 Å². The van der Waals surface area contributed by atoms with Crippen molar-refractivity contribution in [3.05, 3.63) is 0 Å². The maximum atomic E-state index is 11.9. The van der Waals surface area contributed by atoms with Gasteiger partial charge in [-0.2, -0.15) is 0 Å². The van der Waals surface area contributed by atoms with Gasteiger partial charge in [0, 0.05) is 12.4 Å². The zero-order valence-electron chi connectivity index (χ0n) is 11.7. The first-order chi connectivity index (χ1) is 8.28. The molecule has 5 heteroatoms. The van der Waals surface area contributed by atoms with E-state index in [0.717, 1.165) is 12.4 Å². The van der Waals surface area contributed by atoms with Crippen molar-refractivity contribution in [3.8, 4) is 0 Å². The predicted molar refractivity (Wildman–Crippen MR) is 78.0 cm³/mol. The van der Waals surface area contributed by atoms with E-state index >= 15 is 0 Å². The lowest BCUT2D eigenvalue weighted by Gasteiger charge is -2.21. The highest BCUT2D eigenvalue weighted by molar-refractivity contribution is 7.92. The average molecular weight is 296 g/mol. The first-order valence-electron chi connectivity index (χ1n) is 6.77. The van der Waals surface area contributed by atoms with Crippen LogP contribution in [0.2, 0.25) is 0 Å². The van der Waals surface area contributed by atoms with E-state index in [0.29, 0.717) is 18.4 Å². The number of nitrogens with one attached hydrogen (secondary N) is 1. The lowest BCUT2D eigenvalue weighted by molar-refractivity contribution is 0.400. The largest absolute Gasteiger partial charge is 0.315 e. The van der Waals surface area contributed by atoms with E-state index in [2.05, 4.69) is 5.32 Å². The standard InChI is InChI=1S/C13H26ClNO2S/c1-13(2,3)18(16,17)8-7-15-10-12-6-4-5-11(12)9-14/h11-12,15H,4-10H2,1-3H3. The minimum Gasteiger partial charge on any atom is -0.315 e. The highest BCUT2D eigenvalue weighted by Gasteiger charge is 2.29. The molecule has 0 spiro atoms. The third-order valence-corrected chi connectivity index (χ3v) is 6.91. The molecule has 0 saturated heterocycles. The predicted octanol–water partition coefficient (Wildman–Crippen LogP) is 2.44. The molecule has 1 aliphatic carbocycles. The summed E-state index contributed by atoms with van der Waals surface area (Å²) in [5, 5.41) is 3.28. The molecule has 0 amide bonds. The maximum absolute atomic E-state index is 11.9. The quantitative estimate of drug-likeness (QED) is 0.605. The second kappa shape index (κ2) is 6.58. The van der Waals surface area contributed by atoms with Gasteiger partial charge < -0.3 is 5.32 Å². The second-order valence-corrected chi connectivity index (χ2v) is 9.41. The number of halogens is 1. The Labute approximate surface area is 117 Å². The Kier molecular flexibility index (Phi) is 5.94. The van der Waals surface area contributed by atoms with Gasteiger partial charge in [-0.15, -0.1) is 11.6 Å². The fraction of sp³-hybridized carbons (Fsp3) is 1.00. The Morgan fingerprint density at radius 3 is 2.39 bits per heavy atom. The van der Waals surface area contributed by atoms with Crippen LogP contribution < -0.4 is 5.32 Å². The summed E-state index contributed by atoms with van der Waals surface area (Å²) in [6.45, 7) is 6.71. The summed E-state index contributed by atoms with van der Waals surface area (Å²) in [5.74, 6) is 2.18. The van der Waals surface area contributed by atoms with Gasteiger partial charge in [-0.1, -0.05) is 6.42 Å². The maximum Gasteiger partial charge on any atom is 0.156 e. The zero-order valence-corrected chi connectivity index (χ0v) is 13.3. The molecule has 0 aliphatic heterocycles. The summed E-state index contributed by atoms with van der Waals surface area (Å²) in [7, 11) is -3.00. The number of sulfone groups is 1. The van der Waals surface area contributed by atoms with E-state index in [9.17, 15) is 8.42 Å². The molecule has 3 nitrogen and oxygen atoms in total. The monoisotopic (exact) mass is 295 g/mol. The van der Waals surface area contributed by atoms with Crippen LogP contribution in [-0.4, -0.2) is 37.9 Å². The third kappa shape index (κ3) is 4.39. The molecule has 2 unspecified atom stereocenters. The van der Waals surface area contributed by atoms with Crippen LogP contribution in [-0.2, 0) is 9.84 Å². The topological polar surface area (TPSA) is 46.2 Å². The van der Waals surface area contributed by atoms with Crippen molar-refractivity contribution in [3.63, 3.8) is 0 Å². The van der Waals surface area contributed by atoms with Crippen molar-refractivity contribution in [2.24, 2.45) is 11.8 Å². The van der Waals surface area contributed by atoms with Crippen LogP contribution in [0.1, 0.15) is 40.0 Å². The first-order valence-corrected chi connectivity index (χ1v) is 8.95. The van der Waals surface area contributed by atoms with Gasteiger partial charge in [0.15, 0.2) is 9.84 Å². The van der Waals surface area contributed by atoms with E-state index in [1.165, 1.54) is 19.3 Å². The minimum atomic E-state index is -3.00. The van der Waals surface area contributed by atoms with Gasteiger partial charge in [-0.25, -0.2) is 8.42 Å². The van der Waals surface area contributed by atoms with Gasteiger partial charge in [0.25, 0.3) is 0 Å². The van der Waals surface area contributed by atoms with Gasteiger partial charge in [-0.05, 0) is 52.0 Å². The summed E-state index contributed by atoms with van der Waals surface area (Å²) in [4.78, 5) is 0. The van der Waals surface area contributed by atoms with Crippen molar-refractivity contribution in [1.82, 2.24) is 5.32 Å². The van der Waals surface area contributed by atoms with E-state index in [-0.39, 0.29) is 5.75 Å². The molecule has 108 valence electrons. The van der Waals surface area contributed by atoms with Crippen LogP contribution in [0.25, 0.3) is 0 Å². The smallest absolute Gasteiger partial charge is 0.156 e. The number of rotatable bonds is 6. The van der Waals surface area contributed by atoms with Crippen molar-refractivity contribution in [2.45, 2.75) is 44.8 Å². The molecule has 1 rings (SSSR count). The van der Waals surface area contributed by atoms with Crippen LogP contribution in [0.15, 0.2) is 0 Å². The summed E-state index contributed by atoms with van der Waals surface area (Å²) < 4.78 is 23.2. The molecule has 0 bridgehead atoms. The summed E-state index contributed by atoms with van der Waals surface area (Å²) in [6.07, 6.45) is 3.69. The molecule has 2 atom stereocenters. The Balaban J connectivity index is 2.27. The van der Waals surface area contributed by atoms with Crippen molar-refractivity contribution < 1.29 is 8.42 Å². The van der Waals surface area contributed by atoms with E-state index in [1.807, 2.05) is 0 Å². The van der Waals surface area contributed by atoms with Crippen molar-refractivity contribution >= 4 is 21.4 Å². The Morgan fingerprint density at radius 1 is 1.22 bits per heavy atom. The fourth-order valence-corrected chi connectivity index (χ4v) is 3.82. The van der Waals surface area contributed by atoms with Crippen molar-refractivity contribution in [1.29, 1.82) is 0 Å². The summed E-state index contributed by atoms with van der Waals surface area (Å²) in [6, 6.07) is 0.